The average Bonchev–Trinajstić information content (AvgIpc) is 2.53. The largest absolute Gasteiger partial charge is 0.497 e. The molecule has 3 aromatic rings. The highest BCUT2D eigenvalue weighted by Crippen LogP contribution is 2.19. The number of anilines is 2. The highest BCUT2D eigenvalue weighted by atomic mass is 16.5. The highest BCUT2D eigenvalue weighted by Gasteiger charge is 2.05. The molecule has 2 heterocycles. The van der Waals surface area contributed by atoms with E-state index in [0.717, 1.165) is 22.5 Å². The minimum absolute atomic E-state index is 0.447. The van der Waals surface area contributed by atoms with Crippen LogP contribution in [0.3, 0.4) is 0 Å². The normalized spacial score (nSPS) is 10.5. The summed E-state index contributed by atoms with van der Waals surface area (Å²) in [6.45, 7) is 0.653. The number of methoxy groups -OCH3 is 1. The second-order valence-electron chi connectivity index (χ2n) is 4.53. The van der Waals surface area contributed by atoms with Crippen molar-refractivity contribution in [3.8, 4) is 5.75 Å². The van der Waals surface area contributed by atoms with E-state index in [2.05, 4.69) is 20.3 Å². The van der Waals surface area contributed by atoms with Gasteiger partial charge in [-0.25, -0.2) is 15.0 Å². The summed E-state index contributed by atoms with van der Waals surface area (Å²) in [5, 5.41) is 4.14. The maximum Gasteiger partial charge on any atom is 0.166 e. The summed E-state index contributed by atoms with van der Waals surface area (Å²) in [5.41, 5.74) is 7.38. The van der Waals surface area contributed by atoms with E-state index in [0.29, 0.717) is 18.0 Å². The maximum atomic E-state index is 5.66. The molecular weight excluding hydrogens is 266 g/mol. The van der Waals surface area contributed by atoms with Crippen molar-refractivity contribution in [3.05, 3.63) is 48.3 Å². The van der Waals surface area contributed by atoms with Crippen molar-refractivity contribution in [2.45, 2.75) is 6.54 Å². The van der Waals surface area contributed by atoms with Crippen LogP contribution in [0.25, 0.3) is 11.0 Å². The predicted molar refractivity (Wildman–Crippen MR) is 82.1 cm³/mol. The van der Waals surface area contributed by atoms with Gasteiger partial charge in [-0.05, 0) is 29.8 Å². The average molecular weight is 281 g/mol. The molecule has 3 rings (SSSR count). The van der Waals surface area contributed by atoms with Crippen molar-refractivity contribution < 1.29 is 4.74 Å². The third-order valence-corrected chi connectivity index (χ3v) is 3.14. The third-order valence-electron chi connectivity index (χ3n) is 3.14. The molecule has 1 aromatic carbocycles. The number of hydrogen-bond donors (Lipinski definition) is 2. The maximum absolute atomic E-state index is 5.66. The molecule has 0 amide bonds. The number of aromatic nitrogens is 3. The zero-order chi connectivity index (χ0) is 14.7. The first-order valence-corrected chi connectivity index (χ1v) is 6.50. The standard InChI is InChI=1S/C15H15N5O/c1-21-11-4-2-10(3-5-11)8-17-14-12-6-7-13(16)20-15(12)19-9-18-14/h2-7,9H,8H2,1H3,(H3,16,17,18,19,20). The van der Waals surface area contributed by atoms with Crippen LogP contribution in [-0.2, 0) is 6.54 Å². The molecule has 0 radical (unpaired) electrons. The number of nitrogen functional groups attached to an aromatic ring is 1. The second kappa shape index (κ2) is 5.62. The van der Waals surface area contributed by atoms with Gasteiger partial charge in [-0.15, -0.1) is 0 Å². The van der Waals surface area contributed by atoms with Crippen LogP contribution < -0.4 is 15.8 Å². The Morgan fingerprint density at radius 2 is 1.90 bits per heavy atom. The van der Waals surface area contributed by atoms with Crippen LogP contribution in [0.5, 0.6) is 5.75 Å². The summed E-state index contributed by atoms with van der Waals surface area (Å²) in [5.74, 6) is 2.02. The third kappa shape index (κ3) is 2.84. The minimum atomic E-state index is 0.447. The fourth-order valence-corrected chi connectivity index (χ4v) is 2.03. The number of hydrogen-bond acceptors (Lipinski definition) is 6. The number of rotatable bonds is 4. The number of benzene rings is 1. The highest BCUT2D eigenvalue weighted by molar-refractivity contribution is 5.86. The molecule has 0 bridgehead atoms. The molecular formula is C15H15N5O. The van der Waals surface area contributed by atoms with Gasteiger partial charge in [0.1, 0.15) is 23.7 Å². The van der Waals surface area contributed by atoms with E-state index < -0.39 is 0 Å². The molecule has 2 aromatic heterocycles. The van der Waals surface area contributed by atoms with Crippen LogP contribution in [0.2, 0.25) is 0 Å². The molecule has 3 N–H and O–H groups in total. The molecule has 0 aliphatic rings. The van der Waals surface area contributed by atoms with Gasteiger partial charge in [0, 0.05) is 6.54 Å². The molecule has 0 saturated heterocycles. The zero-order valence-electron chi connectivity index (χ0n) is 11.6. The Hall–Kier alpha value is -2.89. The van der Waals surface area contributed by atoms with Gasteiger partial charge in [0.15, 0.2) is 5.65 Å². The van der Waals surface area contributed by atoms with E-state index in [1.807, 2.05) is 30.3 Å². The van der Waals surface area contributed by atoms with E-state index in [4.69, 9.17) is 10.5 Å². The predicted octanol–water partition coefficient (Wildman–Crippen LogP) is 2.23. The van der Waals surface area contributed by atoms with Gasteiger partial charge in [0.25, 0.3) is 0 Å². The number of pyridine rings is 1. The lowest BCUT2D eigenvalue weighted by molar-refractivity contribution is 0.414. The number of nitrogens with zero attached hydrogens (tertiary/aromatic N) is 3. The van der Waals surface area contributed by atoms with Crippen LogP contribution in [0.4, 0.5) is 11.6 Å². The first-order valence-electron chi connectivity index (χ1n) is 6.50. The van der Waals surface area contributed by atoms with E-state index in [1.165, 1.54) is 6.33 Å². The summed E-state index contributed by atoms with van der Waals surface area (Å²) in [4.78, 5) is 12.6. The van der Waals surface area contributed by atoms with Crippen molar-refractivity contribution in [1.29, 1.82) is 0 Å². The van der Waals surface area contributed by atoms with Gasteiger partial charge in [-0.3, -0.25) is 0 Å². The minimum Gasteiger partial charge on any atom is -0.497 e. The molecule has 0 aliphatic heterocycles. The van der Waals surface area contributed by atoms with Gasteiger partial charge < -0.3 is 15.8 Å². The Morgan fingerprint density at radius 3 is 2.67 bits per heavy atom. The first kappa shape index (κ1) is 13.1. The molecule has 6 heteroatoms. The van der Waals surface area contributed by atoms with Crippen LogP contribution >= 0.6 is 0 Å². The Bertz CT molecular complexity index is 758. The summed E-state index contributed by atoms with van der Waals surface area (Å²) < 4.78 is 5.14. The summed E-state index contributed by atoms with van der Waals surface area (Å²) in [6.07, 6.45) is 1.48. The quantitative estimate of drug-likeness (QED) is 0.762. The molecule has 21 heavy (non-hydrogen) atoms. The van der Waals surface area contributed by atoms with Crippen molar-refractivity contribution in [2.75, 3.05) is 18.2 Å². The molecule has 6 nitrogen and oxygen atoms in total. The number of nitrogens with two attached hydrogens (primary N) is 1. The van der Waals surface area contributed by atoms with E-state index in [-0.39, 0.29) is 0 Å². The molecule has 106 valence electrons. The van der Waals surface area contributed by atoms with Crippen LogP contribution in [0, 0.1) is 0 Å². The number of ether oxygens (including phenoxy) is 1. The summed E-state index contributed by atoms with van der Waals surface area (Å²) >= 11 is 0. The summed E-state index contributed by atoms with van der Waals surface area (Å²) in [7, 11) is 1.65. The smallest absolute Gasteiger partial charge is 0.166 e. The Labute approximate surface area is 122 Å². The van der Waals surface area contributed by atoms with Crippen LogP contribution in [0.1, 0.15) is 5.56 Å². The topological polar surface area (TPSA) is 86.0 Å². The first-order chi connectivity index (χ1) is 10.3. The Kier molecular flexibility index (Phi) is 3.51. The second-order valence-corrected chi connectivity index (χ2v) is 4.53. The van der Waals surface area contributed by atoms with E-state index >= 15 is 0 Å². The fourth-order valence-electron chi connectivity index (χ4n) is 2.03. The fraction of sp³-hybridized carbons (Fsp3) is 0.133. The van der Waals surface area contributed by atoms with Crippen LogP contribution in [-0.4, -0.2) is 22.1 Å². The van der Waals surface area contributed by atoms with Crippen LogP contribution in [0.15, 0.2) is 42.7 Å². The van der Waals surface area contributed by atoms with Gasteiger partial charge >= 0.3 is 0 Å². The molecule has 0 spiro atoms. The monoisotopic (exact) mass is 281 g/mol. The zero-order valence-corrected chi connectivity index (χ0v) is 11.6. The Morgan fingerprint density at radius 1 is 1.10 bits per heavy atom. The molecule has 0 fully saturated rings. The van der Waals surface area contributed by atoms with E-state index in [9.17, 15) is 0 Å². The van der Waals surface area contributed by atoms with Gasteiger partial charge in [-0.1, -0.05) is 12.1 Å². The SMILES string of the molecule is COc1ccc(CNc2ncnc3nc(N)ccc23)cc1. The van der Waals surface area contributed by atoms with E-state index in [1.54, 1.807) is 13.2 Å². The Balaban J connectivity index is 1.81. The van der Waals surface area contributed by atoms with Crippen molar-refractivity contribution in [3.63, 3.8) is 0 Å². The lowest BCUT2D eigenvalue weighted by Crippen LogP contribution is -2.03. The van der Waals surface area contributed by atoms with Crippen molar-refractivity contribution in [2.24, 2.45) is 0 Å². The lowest BCUT2D eigenvalue weighted by Gasteiger charge is -2.08. The van der Waals surface area contributed by atoms with Gasteiger partial charge in [0.05, 0.1) is 12.5 Å². The lowest BCUT2D eigenvalue weighted by atomic mass is 10.2. The molecule has 0 unspecified atom stereocenters. The molecule has 0 atom stereocenters. The van der Waals surface area contributed by atoms with Gasteiger partial charge in [0.2, 0.25) is 0 Å². The molecule has 0 saturated carbocycles. The van der Waals surface area contributed by atoms with Crippen molar-refractivity contribution >= 4 is 22.7 Å². The van der Waals surface area contributed by atoms with Gasteiger partial charge in [-0.2, -0.15) is 0 Å². The summed E-state index contributed by atoms with van der Waals surface area (Å²) in [6, 6.07) is 11.5. The van der Waals surface area contributed by atoms with Crippen molar-refractivity contribution in [1.82, 2.24) is 15.0 Å². The molecule has 0 aliphatic carbocycles. The number of nitrogens with one attached hydrogen (secondary N) is 1. The number of fused-ring (bicyclic) bond motifs is 1.